The van der Waals surface area contributed by atoms with Crippen LogP contribution in [0.4, 0.5) is 0 Å². The number of allylic oxidation sites excluding steroid dienone is 5. The van der Waals surface area contributed by atoms with E-state index >= 15 is 0 Å². The van der Waals surface area contributed by atoms with Gasteiger partial charge in [0.05, 0.1) is 4.90 Å². The van der Waals surface area contributed by atoms with Crippen molar-refractivity contribution in [3.8, 4) is 0 Å². The second-order valence-corrected chi connectivity index (χ2v) is 7.80. The van der Waals surface area contributed by atoms with Crippen molar-refractivity contribution in [2.24, 2.45) is 0 Å². The van der Waals surface area contributed by atoms with E-state index in [0.29, 0.717) is 9.92 Å². The SMILES string of the molecule is CS(=O)(=O)c1ccc(C(=C2C=CC=C2)c2ccc(Cl)cc2)cc1. The van der Waals surface area contributed by atoms with E-state index < -0.39 is 9.84 Å². The molecule has 3 rings (SSSR count). The minimum absolute atomic E-state index is 0.319. The van der Waals surface area contributed by atoms with Gasteiger partial charge in [0.15, 0.2) is 9.84 Å². The zero-order valence-corrected chi connectivity index (χ0v) is 14.1. The maximum Gasteiger partial charge on any atom is 0.175 e. The first-order valence-electron chi connectivity index (χ1n) is 7.10. The van der Waals surface area contributed by atoms with Crippen molar-refractivity contribution >= 4 is 27.0 Å². The minimum Gasteiger partial charge on any atom is -0.224 e. The molecule has 0 unspecified atom stereocenters. The molecule has 0 spiro atoms. The fourth-order valence-corrected chi connectivity index (χ4v) is 3.28. The molecule has 0 fully saturated rings. The van der Waals surface area contributed by atoms with Crippen molar-refractivity contribution in [3.05, 3.63) is 94.6 Å². The van der Waals surface area contributed by atoms with Gasteiger partial charge in [-0.15, -0.1) is 0 Å². The van der Waals surface area contributed by atoms with E-state index in [9.17, 15) is 8.42 Å². The van der Waals surface area contributed by atoms with Crippen LogP contribution in [0.5, 0.6) is 0 Å². The summed E-state index contributed by atoms with van der Waals surface area (Å²) in [5.41, 5.74) is 4.13. The predicted molar refractivity (Wildman–Crippen MR) is 95.3 cm³/mol. The van der Waals surface area contributed by atoms with Gasteiger partial charge in [-0.2, -0.15) is 0 Å². The van der Waals surface area contributed by atoms with Gasteiger partial charge < -0.3 is 0 Å². The Morgan fingerprint density at radius 2 is 1.30 bits per heavy atom. The van der Waals surface area contributed by atoms with Crippen LogP contribution in [0.1, 0.15) is 11.1 Å². The Hall–Kier alpha value is -2.10. The maximum absolute atomic E-state index is 11.6. The summed E-state index contributed by atoms with van der Waals surface area (Å²) >= 11 is 5.98. The van der Waals surface area contributed by atoms with Crippen molar-refractivity contribution < 1.29 is 8.42 Å². The van der Waals surface area contributed by atoms with Gasteiger partial charge in [-0.25, -0.2) is 8.42 Å². The smallest absolute Gasteiger partial charge is 0.175 e. The summed E-state index contributed by atoms with van der Waals surface area (Å²) in [5.74, 6) is 0. The van der Waals surface area contributed by atoms with Gasteiger partial charge in [-0.1, -0.05) is 60.2 Å². The van der Waals surface area contributed by atoms with Gasteiger partial charge in [-0.3, -0.25) is 0 Å². The number of benzene rings is 2. The quantitative estimate of drug-likeness (QED) is 0.812. The first-order valence-corrected chi connectivity index (χ1v) is 9.37. The summed E-state index contributed by atoms with van der Waals surface area (Å²) in [6.07, 6.45) is 9.25. The summed E-state index contributed by atoms with van der Waals surface area (Å²) < 4.78 is 23.3. The Balaban J connectivity index is 2.14. The van der Waals surface area contributed by atoms with Gasteiger partial charge in [0.1, 0.15) is 0 Å². The van der Waals surface area contributed by atoms with Gasteiger partial charge >= 0.3 is 0 Å². The lowest BCUT2D eigenvalue weighted by Gasteiger charge is -2.12. The molecule has 0 N–H and O–H groups in total. The second-order valence-electron chi connectivity index (χ2n) is 5.35. The first-order chi connectivity index (χ1) is 10.9. The summed E-state index contributed by atoms with van der Waals surface area (Å²) in [7, 11) is -3.20. The molecule has 0 saturated carbocycles. The van der Waals surface area contributed by atoms with E-state index in [0.717, 1.165) is 22.3 Å². The molecule has 2 aromatic carbocycles. The molecule has 1 aliphatic carbocycles. The predicted octanol–water partition coefficient (Wildman–Crippen LogP) is 4.67. The molecule has 2 nitrogen and oxygen atoms in total. The molecule has 0 saturated heterocycles. The Kier molecular flexibility index (Phi) is 4.24. The summed E-state index contributed by atoms with van der Waals surface area (Å²) in [4.78, 5) is 0.319. The minimum atomic E-state index is -3.20. The summed E-state index contributed by atoms with van der Waals surface area (Å²) in [6, 6.07) is 14.6. The van der Waals surface area contributed by atoms with Crippen molar-refractivity contribution in [1.82, 2.24) is 0 Å². The normalized spacial score (nSPS) is 13.6. The van der Waals surface area contributed by atoms with Crippen molar-refractivity contribution in [2.45, 2.75) is 4.90 Å². The van der Waals surface area contributed by atoms with E-state index in [1.165, 1.54) is 6.26 Å². The highest BCUT2D eigenvalue weighted by Crippen LogP contribution is 2.31. The van der Waals surface area contributed by atoms with Crippen molar-refractivity contribution in [1.29, 1.82) is 0 Å². The molecule has 0 bridgehead atoms. The Morgan fingerprint density at radius 3 is 1.78 bits per heavy atom. The zero-order chi connectivity index (χ0) is 16.4. The fourth-order valence-electron chi connectivity index (χ4n) is 2.53. The fraction of sp³-hybridized carbons (Fsp3) is 0.0526. The van der Waals surface area contributed by atoms with E-state index in [1.54, 1.807) is 12.1 Å². The highest BCUT2D eigenvalue weighted by atomic mass is 35.5. The molecular formula is C19H15ClO2S. The summed E-state index contributed by atoms with van der Waals surface area (Å²) in [5, 5.41) is 0.683. The van der Waals surface area contributed by atoms with E-state index in [1.807, 2.05) is 60.7 Å². The monoisotopic (exact) mass is 342 g/mol. The van der Waals surface area contributed by atoms with Crippen LogP contribution in [0.15, 0.2) is 83.3 Å². The van der Waals surface area contributed by atoms with Crippen LogP contribution in [-0.2, 0) is 9.84 Å². The van der Waals surface area contributed by atoms with Crippen LogP contribution in [0.2, 0.25) is 5.02 Å². The molecule has 23 heavy (non-hydrogen) atoms. The topological polar surface area (TPSA) is 34.1 Å². The molecule has 0 radical (unpaired) electrons. The van der Waals surface area contributed by atoms with Crippen LogP contribution in [0.25, 0.3) is 5.57 Å². The molecule has 4 heteroatoms. The lowest BCUT2D eigenvalue weighted by atomic mass is 9.93. The van der Waals surface area contributed by atoms with Gasteiger partial charge in [0.2, 0.25) is 0 Å². The van der Waals surface area contributed by atoms with Gasteiger partial charge in [-0.05, 0) is 46.5 Å². The lowest BCUT2D eigenvalue weighted by molar-refractivity contribution is 0.602. The molecule has 0 amide bonds. The third-order valence-corrected chi connectivity index (χ3v) is 5.04. The third kappa shape index (κ3) is 3.46. The summed E-state index contributed by atoms with van der Waals surface area (Å²) in [6.45, 7) is 0. The van der Waals surface area contributed by atoms with E-state index in [4.69, 9.17) is 11.6 Å². The van der Waals surface area contributed by atoms with Crippen LogP contribution in [0.3, 0.4) is 0 Å². The molecule has 2 aromatic rings. The lowest BCUT2D eigenvalue weighted by Crippen LogP contribution is -1.98. The number of hydrogen-bond acceptors (Lipinski definition) is 2. The Labute approximate surface area is 141 Å². The van der Waals surface area contributed by atoms with Crippen LogP contribution in [0, 0.1) is 0 Å². The van der Waals surface area contributed by atoms with Gasteiger partial charge in [0.25, 0.3) is 0 Å². The third-order valence-electron chi connectivity index (χ3n) is 3.66. The molecule has 1 aliphatic rings. The second kappa shape index (κ2) is 6.19. The number of hydrogen-bond donors (Lipinski definition) is 0. The van der Waals surface area contributed by atoms with Crippen LogP contribution in [-0.4, -0.2) is 14.7 Å². The number of halogens is 1. The van der Waals surface area contributed by atoms with Crippen LogP contribution >= 0.6 is 11.6 Å². The van der Waals surface area contributed by atoms with E-state index in [-0.39, 0.29) is 0 Å². The molecule has 0 aromatic heterocycles. The number of rotatable bonds is 3. The highest BCUT2D eigenvalue weighted by Gasteiger charge is 2.12. The number of sulfone groups is 1. The zero-order valence-electron chi connectivity index (χ0n) is 12.5. The first kappa shape index (κ1) is 15.8. The standard InChI is InChI=1S/C19H15ClO2S/c1-23(21,22)18-12-8-16(9-13-18)19(14-4-2-3-5-14)15-6-10-17(20)11-7-15/h2-13H,1H3. The van der Waals surface area contributed by atoms with Crippen LogP contribution < -0.4 is 0 Å². The molecule has 116 valence electrons. The Bertz CT molecular complexity index is 902. The average molecular weight is 343 g/mol. The average Bonchev–Trinajstić information content (AvgIpc) is 3.03. The van der Waals surface area contributed by atoms with E-state index in [2.05, 4.69) is 0 Å². The molecular weight excluding hydrogens is 328 g/mol. The Morgan fingerprint density at radius 1 is 0.826 bits per heavy atom. The maximum atomic E-state index is 11.6. The van der Waals surface area contributed by atoms with Crippen molar-refractivity contribution in [3.63, 3.8) is 0 Å². The van der Waals surface area contributed by atoms with Crippen molar-refractivity contribution in [2.75, 3.05) is 6.26 Å². The molecule has 0 heterocycles. The largest absolute Gasteiger partial charge is 0.224 e. The highest BCUT2D eigenvalue weighted by molar-refractivity contribution is 7.90. The molecule has 0 atom stereocenters. The van der Waals surface area contributed by atoms with Gasteiger partial charge in [0, 0.05) is 11.3 Å². The molecule has 0 aliphatic heterocycles.